The number of alkyl halides is 1. The number of hydrogen-bond donors (Lipinski definition) is 1. The number of hydrogen-bond acceptors (Lipinski definition) is 2. The predicted molar refractivity (Wildman–Crippen MR) is 69.3 cm³/mol. The molecule has 3 heteroatoms. The van der Waals surface area contributed by atoms with Gasteiger partial charge in [0.25, 0.3) is 0 Å². The molecule has 0 aliphatic carbocycles. The third-order valence-electron chi connectivity index (χ3n) is 2.41. The van der Waals surface area contributed by atoms with Crippen LogP contribution in [0.4, 0.5) is 0 Å². The summed E-state index contributed by atoms with van der Waals surface area (Å²) in [6, 6.07) is 8.42. The van der Waals surface area contributed by atoms with Gasteiger partial charge in [-0.3, -0.25) is 0 Å². The van der Waals surface area contributed by atoms with Crippen molar-refractivity contribution in [2.75, 3.05) is 19.5 Å². The molecule has 0 saturated carbocycles. The summed E-state index contributed by atoms with van der Waals surface area (Å²) in [5, 5.41) is 3.38. The van der Waals surface area contributed by atoms with Crippen molar-refractivity contribution >= 4 is 11.6 Å². The summed E-state index contributed by atoms with van der Waals surface area (Å²) >= 11 is 5.54. The first kappa shape index (κ1) is 13.1. The van der Waals surface area contributed by atoms with Gasteiger partial charge in [0.1, 0.15) is 5.75 Å². The highest BCUT2D eigenvalue weighted by Crippen LogP contribution is 2.16. The van der Waals surface area contributed by atoms with E-state index >= 15 is 0 Å². The molecule has 0 amide bonds. The van der Waals surface area contributed by atoms with Crippen LogP contribution in [-0.2, 0) is 0 Å². The van der Waals surface area contributed by atoms with Gasteiger partial charge in [0.05, 0.1) is 7.11 Å². The number of nitrogens with one attached hydrogen (secondary N) is 1. The lowest BCUT2D eigenvalue weighted by atomic mass is 10.1. The van der Waals surface area contributed by atoms with Crippen LogP contribution >= 0.6 is 11.6 Å². The number of methoxy groups -OCH3 is 1. The zero-order chi connectivity index (χ0) is 11.8. The summed E-state index contributed by atoms with van der Waals surface area (Å²) in [6.45, 7) is 2.97. The molecule has 2 nitrogen and oxygen atoms in total. The maximum atomic E-state index is 5.54. The molecule has 0 fully saturated rings. The van der Waals surface area contributed by atoms with Crippen molar-refractivity contribution in [2.45, 2.75) is 13.0 Å². The summed E-state index contributed by atoms with van der Waals surface area (Å²) in [5.74, 6) is 1.46. The largest absolute Gasteiger partial charge is 0.497 e. The van der Waals surface area contributed by atoms with Crippen LogP contribution in [0.3, 0.4) is 0 Å². The SMILES string of the molecule is COc1ccc([C@H](C)NC/C=C/CCl)cc1. The fourth-order valence-corrected chi connectivity index (χ4v) is 1.53. The van der Waals surface area contributed by atoms with E-state index in [2.05, 4.69) is 24.4 Å². The first-order valence-corrected chi connectivity index (χ1v) is 5.89. The van der Waals surface area contributed by atoms with Gasteiger partial charge in [-0.1, -0.05) is 24.3 Å². The van der Waals surface area contributed by atoms with Crippen LogP contribution in [0, 0.1) is 0 Å². The fraction of sp³-hybridized carbons (Fsp3) is 0.385. The van der Waals surface area contributed by atoms with Crippen LogP contribution in [0.2, 0.25) is 0 Å². The molecular formula is C13H18ClNO. The molecule has 0 heterocycles. The summed E-state index contributed by atoms with van der Waals surface area (Å²) < 4.78 is 5.12. The van der Waals surface area contributed by atoms with Gasteiger partial charge in [-0.25, -0.2) is 0 Å². The summed E-state index contributed by atoms with van der Waals surface area (Å²) in [6.07, 6.45) is 3.97. The number of allylic oxidation sites excluding steroid dienone is 1. The molecule has 1 N–H and O–H groups in total. The summed E-state index contributed by atoms with van der Waals surface area (Å²) in [5.41, 5.74) is 1.25. The van der Waals surface area contributed by atoms with Crippen LogP contribution < -0.4 is 10.1 Å². The summed E-state index contributed by atoms with van der Waals surface area (Å²) in [7, 11) is 1.67. The smallest absolute Gasteiger partial charge is 0.118 e. The quantitative estimate of drug-likeness (QED) is 0.608. The van der Waals surface area contributed by atoms with Gasteiger partial charge < -0.3 is 10.1 Å². The van der Waals surface area contributed by atoms with Crippen LogP contribution in [0.5, 0.6) is 5.75 Å². The highest BCUT2D eigenvalue weighted by molar-refractivity contribution is 6.18. The monoisotopic (exact) mass is 239 g/mol. The van der Waals surface area contributed by atoms with E-state index in [1.165, 1.54) is 5.56 Å². The lowest BCUT2D eigenvalue weighted by Crippen LogP contribution is -2.18. The molecule has 1 aromatic rings. The molecule has 0 aliphatic rings. The molecule has 0 spiro atoms. The van der Waals surface area contributed by atoms with Crippen molar-refractivity contribution in [2.24, 2.45) is 0 Å². The van der Waals surface area contributed by atoms with Gasteiger partial charge in [-0.05, 0) is 24.6 Å². The molecule has 0 aliphatic heterocycles. The maximum absolute atomic E-state index is 5.54. The third-order valence-corrected chi connectivity index (χ3v) is 2.59. The molecule has 0 unspecified atom stereocenters. The Balaban J connectivity index is 2.45. The minimum atomic E-state index is 0.325. The van der Waals surface area contributed by atoms with Crippen molar-refractivity contribution in [3.05, 3.63) is 42.0 Å². The van der Waals surface area contributed by atoms with Gasteiger partial charge in [0.2, 0.25) is 0 Å². The second-order valence-corrected chi connectivity index (χ2v) is 3.84. The molecule has 1 rings (SSSR count). The number of ether oxygens (including phenoxy) is 1. The zero-order valence-electron chi connectivity index (χ0n) is 9.74. The molecule has 1 atom stereocenters. The summed E-state index contributed by atoms with van der Waals surface area (Å²) in [4.78, 5) is 0. The second kappa shape index (κ2) is 7.31. The van der Waals surface area contributed by atoms with Gasteiger partial charge in [0, 0.05) is 18.5 Å². The molecule has 1 aromatic carbocycles. The average molecular weight is 240 g/mol. The normalized spacial score (nSPS) is 12.9. The van der Waals surface area contributed by atoms with Crippen molar-refractivity contribution in [3.8, 4) is 5.75 Å². The number of rotatable bonds is 6. The van der Waals surface area contributed by atoms with E-state index in [1.54, 1.807) is 7.11 Å². The van der Waals surface area contributed by atoms with Crippen molar-refractivity contribution in [1.82, 2.24) is 5.32 Å². The van der Waals surface area contributed by atoms with Crippen LogP contribution in [0.1, 0.15) is 18.5 Å². The molecular weight excluding hydrogens is 222 g/mol. The first-order valence-electron chi connectivity index (χ1n) is 5.36. The molecule has 0 radical (unpaired) electrons. The second-order valence-electron chi connectivity index (χ2n) is 3.53. The lowest BCUT2D eigenvalue weighted by Gasteiger charge is -2.13. The van der Waals surface area contributed by atoms with Crippen LogP contribution in [0.25, 0.3) is 0 Å². The molecule has 88 valence electrons. The lowest BCUT2D eigenvalue weighted by molar-refractivity contribution is 0.414. The standard InChI is InChI=1S/C13H18ClNO/c1-11(15-10-4-3-9-14)12-5-7-13(16-2)8-6-12/h3-8,11,15H,9-10H2,1-2H3/b4-3+/t11-/m0/s1. The minimum absolute atomic E-state index is 0.325. The van der Waals surface area contributed by atoms with E-state index in [0.29, 0.717) is 11.9 Å². The van der Waals surface area contributed by atoms with Gasteiger partial charge >= 0.3 is 0 Å². The predicted octanol–water partition coefficient (Wildman–Crippen LogP) is 3.14. The topological polar surface area (TPSA) is 21.3 Å². The van der Waals surface area contributed by atoms with E-state index in [9.17, 15) is 0 Å². The van der Waals surface area contributed by atoms with Gasteiger partial charge in [-0.15, -0.1) is 11.6 Å². The highest BCUT2D eigenvalue weighted by Gasteiger charge is 2.02. The van der Waals surface area contributed by atoms with Crippen molar-refractivity contribution in [1.29, 1.82) is 0 Å². The Hall–Kier alpha value is -0.990. The third kappa shape index (κ3) is 4.25. The van der Waals surface area contributed by atoms with Crippen molar-refractivity contribution < 1.29 is 4.74 Å². The Kier molecular flexibility index (Phi) is 5.98. The van der Waals surface area contributed by atoms with Crippen LogP contribution in [0.15, 0.2) is 36.4 Å². The van der Waals surface area contributed by atoms with Crippen molar-refractivity contribution in [3.63, 3.8) is 0 Å². The van der Waals surface area contributed by atoms with E-state index < -0.39 is 0 Å². The molecule has 16 heavy (non-hydrogen) atoms. The first-order chi connectivity index (χ1) is 7.77. The molecule has 0 saturated heterocycles. The number of benzene rings is 1. The van der Waals surface area contributed by atoms with E-state index in [1.807, 2.05) is 24.3 Å². The Morgan fingerprint density at radius 3 is 2.56 bits per heavy atom. The van der Waals surface area contributed by atoms with E-state index in [-0.39, 0.29) is 0 Å². The molecule has 0 aromatic heterocycles. The Labute approximate surface area is 102 Å². The fourth-order valence-electron chi connectivity index (χ4n) is 1.40. The maximum Gasteiger partial charge on any atom is 0.118 e. The average Bonchev–Trinajstić information content (AvgIpc) is 2.34. The Bertz CT molecular complexity index is 321. The Morgan fingerprint density at radius 2 is 2.00 bits per heavy atom. The Morgan fingerprint density at radius 1 is 1.31 bits per heavy atom. The zero-order valence-corrected chi connectivity index (χ0v) is 10.5. The van der Waals surface area contributed by atoms with Crippen LogP contribution in [-0.4, -0.2) is 19.5 Å². The van der Waals surface area contributed by atoms with Gasteiger partial charge in [-0.2, -0.15) is 0 Å². The molecule has 0 bridgehead atoms. The number of halogens is 1. The highest BCUT2D eigenvalue weighted by atomic mass is 35.5. The van der Waals surface area contributed by atoms with Gasteiger partial charge in [0.15, 0.2) is 0 Å². The minimum Gasteiger partial charge on any atom is -0.497 e. The van der Waals surface area contributed by atoms with E-state index in [0.717, 1.165) is 12.3 Å². The van der Waals surface area contributed by atoms with E-state index in [4.69, 9.17) is 16.3 Å².